The molecule has 0 amide bonds. The lowest BCUT2D eigenvalue weighted by atomic mass is 10.3. The minimum absolute atomic E-state index is 0.614. The minimum atomic E-state index is -1.88. The standard InChI is InChI=1S/C17H17NO2PS2/c1-3-17(2,20-13-9-5-4-6-10-13)21(19)18-14-11-7-8-12-15(14)23-16(18)22/h4-12H,3H2,1-2H3/q+1. The van der Waals surface area contributed by atoms with Gasteiger partial charge in [-0.25, -0.2) is 0 Å². The zero-order valence-corrected chi connectivity index (χ0v) is 15.5. The van der Waals surface area contributed by atoms with Crippen LogP contribution in [0.2, 0.25) is 0 Å². The van der Waals surface area contributed by atoms with Gasteiger partial charge in [0.05, 0.1) is 4.70 Å². The van der Waals surface area contributed by atoms with Gasteiger partial charge in [-0.05, 0) is 41.0 Å². The number of rotatable bonds is 5. The molecule has 0 aliphatic rings. The molecule has 6 heteroatoms. The van der Waals surface area contributed by atoms with E-state index in [4.69, 9.17) is 17.0 Å². The molecule has 0 radical (unpaired) electrons. The van der Waals surface area contributed by atoms with Crippen molar-refractivity contribution < 1.29 is 9.30 Å². The molecular weight excluding hydrogens is 345 g/mol. The first-order valence-electron chi connectivity index (χ1n) is 7.37. The van der Waals surface area contributed by atoms with Crippen molar-refractivity contribution in [3.63, 3.8) is 0 Å². The Hall–Kier alpha value is -1.55. The van der Waals surface area contributed by atoms with Crippen LogP contribution in [0.4, 0.5) is 0 Å². The van der Waals surface area contributed by atoms with E-state index in [0.717, 1.165) is 10.2 Å². The third kappa shape index (κ3) is 3.09. The first kappa shape index (κ1) is 16.3. The highest BCUT2D eigenvalue weighted by Gasteiger charge is 2.49. The second-order valence-electron chi connectivity index (χ2n) is 5.36. The number of hydrogen-bond acceptors (Lipinski definition) is 4. The summed E-state index contributed by atoms with van der Waals surface area (Å²) in [5.74, 6) is 0.714. The highest BCUT2D eigenvalue weighted by molar-refractivity contribution is 7.74. The third-order valence-corrected chi connectivity index (χ3v) is 7.41. The zero-order valence-electron chi connectivity index (χ0n) is 12.9. The Morgan fingerprint density at radius 1 is 1.17 bits per heavy atom. The first-order valence-corrected chi connectivity index (χ1v) is 9.81. The van der Waals surface area contributed by atoms with Gasteiger partial charge in [-0.1, -0.05) is 37.3 Å². The Morgan fingerprint density at radius 3 is 2.52 bits per heavy atom. The van der Waals surface area contributed by atoms with E-state index < -0.39 is 13.3 Å². The predicted molar refractivity (Wildman–Crippen MR) is 99.4 cm³/mol. The minimum Gasteiger partial charge on any atom is -0.443 e. The van der Waals surface area contributed by atoms with Crippen LogP contribution in [0.15, 0.2) is 54.6 Å². The molecule has 1 heterocycles. The van der Waals surface area contributed by atoms with E-state index in [1.165, 1.54) is 11.3 Å². The van der Waals surface area contributed by atoms with E-state index in [-0.39, 0.29) is 0 Å². The number of nitrogens with zero attached hydrogens (tertiary/aromatic N) is 1. The molecule has 0 aliphatic heterocycles. The van der Waals surface area contributed by atoms with Crippen LogP contribution in [-0.2, 0) is 4.57 Å². The third-order valence-electron chi connectivity index (χ3n) is 3.79. The second kappa shape index (κ2) is 6.52. The van der Waals surface area contributed by atoms with Crippen LogP contribution in [0.3, 0.4) is 0 Å². The molecule has 0 saturated carbocycles. The summed E-state index contributed by atoms with van der Waals surface area (Å²) < 4.78 is 22.8. The van der Waals surface area contributed by atoms with Gasteiger partial charge in [0, 0.05) is 13.3 Å². The van der Waals surface area contributed by atoms with Gasteiger partial charge in [-0.15, -0.1) is 15.7 Å². The Labute approximate surface area is 145 Å². The molecule has 3 aromatic rings. The summed E-state index contributed by atoms with van der Waals surface area (Å²) in [6.45, 7) is 3.86. The molecule has 0 spiro atoms. The maximum absolute atomic E-state index is 13.3. The van der Waals surface area contributed by atoms with Gasteiger partial charge < -0.3 is 4.74 Å². The number of benzene rings is 2. The molecular formula is C17H17NO2PS2+. The molecule has 3 rings (SSSR count). The molecule has 2 atom stereocenters. The molecule has 2 aromatic carbocycles. The van der Waals surface area contributed by atoms with E-state index in [0.29, 0.717) is 16.1 Å². The van der Waals surface area contributed by atoms with Crippen molar-refractivity contribution >= 4 is 41.7 Å². The maximum Gasteiger partial charge on any atom is 0.516 e. The van der Waals surface area contributed by atoms with E-state index in [1.807, 2.05) is 68.4 Å². The average molecular weight is 362 g/mol. The van der Waals surface area contributed by atoms with Crippen molar-refractivity contribution in [1.29, 1.82) is 0 Å². The molecule has 0 saturated heterocycles. The first-order chi connectivity index (χ1) is 11.0. The van der Waals surface area contributed by atoms with Crippen molar-refractivity contribution in [3.8, 4) is 5.75 Å². The second-order valence-corrected chi connectivity index (χ2v) is 8.93. The van der Waals surface area contributed by atoms with Crippen molar-refractivity contribution in [2.75, 3.05) is 0 Å². The Balaban J connectivity index is 2.05. The zero-order chi connectivity index (χ0) is 16.4. The maximum atomic E-state index is 13.3. The number of fused-ring (bicyclic) bond motifs is 1. The highest BCUT2D eigenvalue weighted by Crippen LogP contribution is 2.47. The fourth-order valence-corrected chi connectivity index (χ4v) is 5.51. The number of para-hydroxylation sites is 2. The number of ether oxygens (including phenoxy) is 1. The molecule has 3 nitrogen and oxygen atoms in total. The fraction of sp³-hybridized carbons (Fsp3) is 0.235. The summed E-state index contributed by atoms with van der Waals surface area (Å²) in [4.78, 5) is 0. The van der Waals surface area contributed by atoms with Gasteiger partial charge in [0.1, 0.15) is 11.3 Å². The largest absolute Gasteiger partial charge is 0.516 e. The van der Waals surface area contributed by atoms with Crippen molar-refractivity contribution in [2.45, 2.75) is 25.6 Å². The van der Waals surface area contributed by atoms with Crippen LogP contribution in [0.1, 0.15) is 20.3 Å². The summed E-state index contributed by atoms with van der Waals surface area (Å²) in [6.07, 6.45) is 0.614. The molecule has 1 aromatic heterocycles. The Bertz CT molecular complexity index is 904. The lowest BCUT2D eigenvalue weighted by Crippen LogP contribution is -2.28. The van der Waals surface area contributed by atoms with Gasteiger partial charge in [-0.3, -0.25) is 0 Å². The molecule has 0 aliphatic carbocycles. The van der Waals surface area contributed by atoms with Gasteiger partial charge >= 0.3 is 13.3 Å². The Morgan fingerprint density at radius 2 is 1.83 bits per heavy atom. The van der Waals surface area contributed by atoms with Gasteiger partial charge in [0.15, 0.2) is 0 Å². The van der Waals surface area contributed by atoms with Crippen LogP contribution in [0, 0.1) is 3.95 Å². The summed E-state index contributed by atoms with van der Waals surface area (Å²) in [7, 11) is -1.88. The summed E-state index contributed by atoms with van der Waals surface area (Å²) in [5.41, 5.74) is 0.903. The van der Waals surface area contributed by atoms with E-state index in [9.17, 15) is 4.57 Å². The normalized spacial score (nSPS) is 14.4. The monoisotopic (exact) mass is 362 g/mol. The van der Waals surface area contributed by atoms with Crippen LogP contribution >= 0.6 is 31.5 Å². The van der Waals surface area contributed by atoms with Crippen molar-refractivity contribution in [3.05, 3.63) is 58.6 Å². The number of hydrogen-bond donors (Lipinski definition) is 0. The fourth-order valence-electron chi connectivity index (χ4n) is 2.33. The Kier molecular flexibility index (Phi) is 4.62. The summed E-state index contributed by atoms with van der Waals surface area (Å²) >= 11 is 6.93. The van der Waals surface area contributed by atoms with E-state index >= 15 is 0 Å². The summed E-state index contributed by atoms with van der Waals surface area (Å²) in [6, 6.07) is 17.3. The van der Waals surface area contributed by atoms with E-state index in [2.05, 4.69) is 0 Å². The lowest BCUT2D eigenvalue weighted by molar-refractivity contribution is 0.168. The van der Waals surface area contributed by atoms with Crippen LogP contribution < -0.4 is 4.74 Å². The lowest BCUT2D eigenvalue weighted by Gasteiger charge is -2.19. The van der Waals surface area contributed by atoms with Crippen LogP contribution in [0.25, 0.3) is 10.2 Å². The smallest absolute Gasteiger partial charge is 0.443 e. The molecule has 23 heavy (non-hydrogen) atoms. The van der Waals surface area contributed by atoms with Crippen molar-refractivity contribution in [2.24, 2.45) is 0 Å². The molecule has 0 bridgehead atoms. The van der Waals surface area contributed by atoms with Gasteiger partial charge in [0.2, 0.25) is 3.95 Å². The van der Waals surface area contributed by atoms with E-state index in [1.54, 1.807) is 4.34 Å². The summed E-state index contributed by atoms with van der Waals surface area (Å²) in [5, 5.41) is -0.821. The number of aromatic nitrogens is 1. The van der Waals surface area contributed by atoms with Gasteiger partial charge in [-0.2, -0.15) is 0 Å². The molecule has 0 N–H and O–H groups in total. The van der Waals surface area contributed by atoms with Gasteiger partial charge in [0.25, 0.3) is 0 Å². The highest BCUT2D eigenvalue weighted by atomic mass is 32.1. The van der Waals surface area contributed by atoms with Crippen LogP contribution in [0.5, 0.6) is 5.75 Å². The molecule has 2 unspecified atom stereocenters. The molecule has 0 fully saturated rings. The SMILES string of the molecule is CCC(C)(Oc1ccccc1)[P+](=O)n1c(=S)sc2ccccc21. The average Bonchev–Trinajstić information content (AvgIpc) is 2.90. The topological polar surface area (TPSA) is 31.2 Å². The predicted octanol–water partition coefficient (Wildman–Crippen LogP) is 6.23. The number of thiazole rings is 1. The van der Waals surface area contributed by atoms with Crippen molar-refractivity contribution in [1.82, 2.24) is 4.34 Å². The molecule has 118 valence electrons. The quantitative estimate of drug-likeness (QED) is 0.398. The van der Waals surface area contributed by atoms with Crippen LogP contribution in [-0.4, -0.2) is 9.68 Å².